The van der Waals surface area contributed by atoms with Crippen LogP contribution in [0.25, 0.3) is 0 Å². The second kappa shape index (κ2) is 14.9. The van der Waals surface area contributed by atoms with Gasteiger partial charge in [0.15, 0.2) is 5.69 Å². The molecule has 42 heavy (non-hydrogen) atoms. The smallest absolute Gasteiger partial charge is 0.273 e. The van der Waals surface area contributed by atoms with Crippen molar-refractivity contribution in [1.82, 2.24) is 31.2 Å². The summed E-state index contributed by atoms with van der Waals surface area (Å²) in [5, 5.41) is 11.5. The Hall–Kier alpha value is -4.54. The number of nitrogens with zero attached hydrogens (tertiary/aromatic N) is 2. The monoisotopic (exact) mass is 574 g/mol. The van der Waals surface area contributed by atoms with Crippen molar-refractivity contribution in [2.45, 2.75) is 70.5 Å². The second-order valence-corrected chi connectivity index (χ2v) is 10.8. The number of pyridine rings is 1. The van der Waals surface area contributed by atoms with Crippen LogP contribution >= 0.6 is 0 Å². The fraction of sp³-hybridized carbons (Fsp3) is 0.419. The lowest BCUT2D eigenvalue weighted by Gasteiger charge is -2.27. The van der Waals surface area contributed by atoms with Crippen molar-refractivity contribution in [3.05, 3.63) is 83.8 Å². The van der Waals surface area contributed by atoms with E-state index in [9.17, 15) is 19.2 Å². The molecule has 0 unspecified atom stereocenters. The highest BCUT2D eigenvalue weighted by Gasteiger charge is 2.31. The van der Waals surface area contributed by atoms with Gasteiger partial charge in [0.2, 0.25) is 23.6 Å². The number of hydrogen-bond donors (Lipinski definition) is 4. The molecule has 0 saturated heterocycles. The van der Waals surface area contributed by atoms with Crippen molar-refractivity contribution in [3.63, 3.8) is 0 Å². The number of aromatic nitrogens is 2. The first-order valence-electron chi connectivity index (χ1n) is 14.4. The summed E-state index contributed by atoms with van der Waals surface area (Å²) in [6.07, 6.45) is 7.19. The molecule has 0 aliphatic carbocycles. The molecule has 0 spiro atoms. The van der Waals surface area contributed by atoms with Crippen LogP contribution in [0.15, 0.2) is 65.5 Å². The van der Waals surface area contributed by atoms with Gasteiger partial charge in [0.1, 0.15) is 24.4 Å². The molecule has 1 aromatic carbocycles. The standard InChI is InChI=1S/C31H38N6O5/c1-20(2)27-30(41)35-24(18-22-8-4-3-5-9-22)31-36-25(19-42-31)28(39)33-15-7-6-10-23(29(40)37-27)34-26(38)12-11-21-13-16-32-17-14-21/h3-5,8-9,13-14,16-17,19-20,23-24,27H,6-7,10-12,15,18H2,1-2H3,(H,33,39)(H,34,38)(H,35,41)(H,37,40)/t23-,24+,27-/m0/s1. The van der Waals surface area contributed by atoms with Gasteiger partial charge in [0.05, 0.1) is 0 Å². The van der Waals surface area contributed by atoms with Crippen molar-refractivity contribution < 1.29 is 23.6 Å². The molecule has 3 atom stereocenters. The lowest BCUT2D eigenvalue weighted by molar-refractivity contribution is -0.133. The summed E-state index contributed by atoms with van der Waals surface area (Å²) in [6.45, 7) is 4.04. The molecule has 4 amide bonds. The molecule has 222 valence electrons. The second-order valence-electron chi connectivity index (χ2n) is 10.8. The highest BCUT2D eigenvalue weighted by molar-refractivity contribution is 5.93. The molecular formula is C31H38N6O5. The maximum absolute atomic E-state index is 13.6. The number of carbonyl (C=O) groups excluding carboxylic acids is 4. The summed E-state index contributed by atoms with van der Waals surface area (Å²) in [5.41, 5.74) is 2.02. The Kier molecular flexibility index (Phi) is 10.8. The SMILES string of the molecule is CC(C)[C@@H]1NC(=O)[C@@H](NC(=O)CCc2ccncc2)CCCCNC(=O)c2coc(n2)[C@@H](Cc2ccccc2)NC1=O. The summed E-state index contributed by atoms with van der Waals surface area (Å²) in [6, 6.07) is 10.8. The number of amides is 4. The van der Waals surface area contributed by atoms with Gasteiger partial charge in [-0.05, 0) is 54.9 Å². The Labute approximate surface area is 245 Å². The fourth-order valence-electron chi connectivity index (χ4n) is 4.76. The number of nitrogens with one attached hydrogen (secondary N) is 4. The molecule has 2 aromatic heterocycles. The summed E-state index contributed by atoms with van der Waals surface area (Å²) in [4.78, 5) is 61.0. The molecule has 1 aliphatic heterocycles. The Morgan fingerprint density at radius 2 is 1.76 bits per heavy atom. The van der Waals surface area contributed by atoms with Gasteiger partial charge >= 0.3 is 0 Å². The van der Waals surface area contributed by atoms with Crippen LogP contribution in [0, 0.1) is 5.92 Å². The lowest BCUT2D eigenvalue weighted by Crippen LogP contribution is -2.56. The van der Waals surface area contributed by atoms with Gasteiger partial charge in [0, 0.05) is 31.8 Å². The van der Waals surface area contributed by atoms with E-state index in [-0.39, 0.29) is 35.7 Å². The number of benzene rings is 1. The van der Waals surface area contributed by atoms with Crippen LogP contribution in [0.1, 0.15) is 73.1 Å². The predicted octanol–water partition coefficient (Wildman–Crippen LogP) is 2.64. The van der Waals surface area contributed by atoms with Crippen LogP contribution in [0.4, 0.5) is 0 Å². The van der Waals surface area contributed by atoms with Gasteiger partial charge in [0.25, 0.3) is 5.91 Å². The van der Waals surface area contributed by atoms with Gasteiger partial charge in [-0.25, -0.2) is 4.98 Å². The Morgan fingerprint density at radius 1 is 1.00 bits per heavy atom. The minimum atomic E-state index is -0.877. The molecule has 1 aliphatic rings. The largest absolute Gasteiger partial charge is 0.446 e. The van der Waals surface area contributed by atoms with Crippen LogP contribution in [0.3, 0.4) is 0 Å². The zero-order valence-electron chi connectivity index (χ0n) is 24.0. The number of carbonyl (C=O) groups is 4. The highest BCUT2D eigenvalue weighted by Crippen LogP contribution is 2.20. The molecule has 0 saturated carbocycles. The van der Waals surface area contributed by atoms with E-state index in [1.165, 1.54) is 6.26 Å². The Balaban J connectivity index is 1.53. The van der Waals surface area contributed by atoms with E-state index in [4.69, 9.17) is 4.42 Å². The first kappa shape index (κ1) is 30.4. The van der Waals surface area contributed by atoms with Crippen molar-refractivity contribution in [3.8, 4) is 0 Å². The predicted molar refractivity (Wildman–Crippen MR) is 155 cm³/mol. The maximum atomic E-state index is 13.6. The molecule has 3 aromatic rings. The molecule has 3 heterocycles. The molecular weight excluding hydrogens is 536 g/mol. The average Bonchev–Trinajstić information content (AvgIpc) is 3.48. The molecule has 4 rings (SSSR count). The van der Waals surface area contributed by atoms with Crippen molar-refractivity contribution in [2.75, 3.05) is 6.54 Å². The minimum absolute atomic E-state index is 0.123. The fourth-order valence-corrected chi connectivity index (χ4v) is 4.76. The molecule has 2 bridgehead atoms. The van der Waals surface area contributed by atoms with E-state index in [0.29, 0.717) is 38.6 Å². The summed E-state index contributed by atoms with van der Waals surface area (Å²) in [5.74, 6) is -1.56. The van der Waals surface area contributed by atoms with E-state index < -0.39 is 29.9 Å². The third-order valence-corrected chi connectivity index (χ3v) is 7.15. The average molecular weight is 575 g/mol. The molecule has 11 heteroatoms. The number of oxazole rings is 1. The van der Waals surface area contributed by atoms with Gasteiger partial charge in [-0.2, -0.15) is 0 Å². The molecule has 4 N–H and O–H groups in total. The first-order chi connectivity index (χ1) is 20.3. The maximum Gasteiger partial charge on any atom is 0.273 e. The lowest BCUT2D eigenvalue weighted by atomic mass is 10.00. The zero-order valence-corrected chi connectivity index (χ0v) is 24.0. The van der Waals surface area contributed by atoms with Gasteiger partial charge in [-0.3, -0.25) is 24.2 Å². The summed E-state index contributed by atoms with van der Waals surface area (Å²) < 4.78 is 5.65. The van der Waals surface area contributed by atoms with Crippen LogP contribution in [0.5, 0.6) is 0 Å². The van der Waals surface area contributed by atoms with Crippen molar-refractivity contribution >= 4 is 23.6 Å². The number of aryl methyl sites for hydroxylation is 1. The van der Waals surface area contributed by atoms with Crippen LogP contribution in [0.2, 0.25) is 0 Å². The van der Waals surface area contributed by atoms with Gasteiger partial charge in [-0.1, -0.05) is 44.2 Å². The minimum Gasteiger partial charge on any atom is -0.446 e. The van der Waals surface area contributed by atoms with E-state index in [0.717, 1.165) is 11.1 Å². The van der Waals surface area contributed by atoms with Gasteiger partial charge in [-0.15, -0.1) is 0 Å². The number of hydrogen-bond acceptors (Lipinski definition) is 7. The normalized spacial score (nSPS) is 20.4. The van der Waals surface area contributed by atoms with E-state index in [1.807, 2.05) is 56.3 Å². The zero-order chi connectivity index (χ0) is 29.9. The van der Waals surface area contributed by atoms with E-state index >= 15 is 0 Å². The van der Waals surface area contributed by atoms with Crippen LogP contribution in [-0.4, -0.2) is 52.2 Å². The van der Waals surface area contributed by atoms with Crippen LogP contribution in [-0.2, 0) is 27.2 Å². The number of fused-ring (bicyclic) bond motifs is 2. The third-order valence-electron chi connectivity index (χ3n) is 7.15. The van der Waals surface area contributed by atoms with Crippen molar-refractivity contribution in [2.24, 2.45) is 5.92 Å². The quantitative estimate of drug-likeness (QED) is 0.338. The topological polar surface area (TPSA) is 155 Å². The number of rotatable bonds is 7. The summed E-state index contributed by atoms with van der Waals surface area (Å²) >= 11 is 0. The van der Waals surface area contributed by atoms with E-state index in [1.54, 1.807) is 12.4 Å². The highest BCUT2D eigenvalue weighted by atomic mass is 16.3. The molecule has 0 radical (unpaired) electrons. The van der Waals surface area contributed by atoms with Gasteiger partial charge < -0.3 is 25.7 Å². The third kappa shape index (κ3) is 8.73. The Morgan fingerprint density at radius 3 is 2.50 bits per heavy atom. The van der Waals surface area contributed by atoms with E-state index in [2.05, 4.69) is 31.2 Å². The summed E-state index contributed by atoms with van der Waals surface area (Å²) in [7, 11) is 0. The molecule has 11 nitrogen and oxygen atoms in total. The molecule has 0 fully saturated rings. The Bertz CT molecular complexity index is 1340. The van der Waals surface area contributed by atoms with Crippen molar-refractivity contribution in [1.29, 1.82) is 0 Å². The first-order valence-corrected chi connectivity index (χ1v) is 14.4. The van der Waals surface area contributed by atoms with Crippen LogP contribution < -0.4 is 21.3 Å².